The van der Waals surface area contributed by atoms with Crippen LogP contribution in [0.1, 0.15) is 18.4 Å². The van der Waals surface area contributed by atoms with Gasteiger partial charge in [-0.3, -0.25) is 4.90 Å². The maximum atomic E-state index is 5.38. The van der Waals surface area contributed by atoms with E-state index in [1.165, 1.54) is 18.4 Å². The van der Waals surface area contributed by atoms with Crippen molar-refractivity contribution < 1.29 is 4.74 Å². The summed E-state index contributed by atoms with van der Waals surface area (Å²) in [7, 11) is 1.73. The Labute approximate surface area is 122 Å². The molecule has 1 saturated heterocycles. The summed E-state index contributed by atoms with van der Waals surface area (Å²) in [6.07, 6.45) is 8.73. The second-order valence-electron chi connectivity index (χ2n) is 5.27. The van der Waals surface area contributed by atoms with Crippen LogP contribution >= 0.6 is 0 Å². The van der Waals surface area contributed by atoms with Gasteiger partial charge in [0.2, 0.25) is 0 Å². The Hall–Kier alpha value is -1.50. The van der Waals surface area contributed by atoms with Gasteiger partial charge < -0.3 is 10.1 Å². The second-order valence-corrected chi connectivity index (χ2v) is 5.27. The summed E-state index contributed by atoms with van der Waals surface area (Å²) in [6.45, 7) is 4.00. The van der Waals surface area contributed by atoms with Crippen LogP contribution in [0.3, 0.4) is 0 Å². The van der Waals surface area contributed by atoms with Gasteiger partial charge in [-0.1, -0.05) is 24.1 Å². The first-order valence-corrected chi connectivity index (χ1v) is 7.34. The predicted octanol–water partition coefficient (Wildman–Crippen LogP) is 1.92. The molecule has 1 aromatic carbocycles. The fourth-order valence-electron chi connectivity index (χ4n) is 2.74. The zero-order valence-electron chi connectivity index (χ0n) is 12.3. The van der Waals surface area contributed by atoms with Crippen molar-refractivity contribution in [1.29, 1.82) is 0 Å². The predicted molar refractivity (Wildman–Crippen MR) is 83.0 cm³/mol. The molecule has 108 valence electrons. The Kier molecular flexibility index (Phi) is 5.91. The number of likely N-dealkylation sites (tertiary alicyclic amines) is 1. The molecule has 2 rings (SSSR count). The molecule has 0 unspecified atom stereocenters. The van der Waals surface area contributed by atoms with Crippen molar-refractivity contribution in [3.63, 3.8) is 0 Å². The van der Waals surface area contributed by atoms with Crippen LogP contribution in [-0.2, 0) is 6.42 Å². The summed E-state index contributed by atoms with van der Waals surface area (Å²) in [5.41, 5.74) is 1.27. The summed E-state index contributed by atoms with van der Waals surface area (Å²) in [6, 6.07) is 8.86. The number of piperidine rings is 1. The van der Waals surface area contributed by atoms with Crippen LogP contribution in [0.2, 0.25) is 0 Å². The molecule has 1 aliphatic heterocycles. The summed E-state index contributed by atoms with van der Waals surface area (Å²) in [4.78, 5) is 2.35. The third kappa shape index (κ3) is 4.26. The lowest BCUT2D eigenvalue weighted by Gasteiger charge is -2.31. The fraction of sp³-hybridized carbons (Fsp3) is 0.529. The van der Waals surface area contributed by atoms with E-state index in [9.17, 15) is 0 Å². The maximum absolute atomic E-state index is 5.38. The van der Waals surface area contributed by atoms with Gasteiger partial charge in [0.25, 0.3) is 0 Å². The van der Waals surface area contributed by atoms with Crippen molar-refractivity contribution in [3.05, 3.63) is 29.8 Å². The Morgan fingerprint density at radius 2 is 2.10 bits per heavy atom. The number of nitrogens with zero attached hydrogens (tertiary/aromatic N) is 1. The van der Waals surface area contributed by atoms with Crippen molar-refractivity contribution in [3.8, 4) is 18.1 Å². The molecule has 1 heterocycles. The number of methoxy groups -OCH3 is 1. The standard InChI is InChI=1S/C17H24N2O/c1-3-12-19-13-9-16(10-14-19)18-11-8-15-6-4-5-7-17(15)20-2/h1,4-7,16,18H,8-14H2,2H3. The highest BCUT2D eigenvalue weighted by atomic mass is 16.5. The minimum absolute atomic E-state index is 0.624. The van der Waals surface area contributed by atoms with E-state index in [4.69, 9.17) is 11.2 Å². The van der Waals surface area contributed by atoms with Gasteiger partial charge in [0.05, 0.1) is 13.7 Å². The Morgan fingerprint density at radius 3 is 2.80 bits per heavy atom. The molecular weight excluding hydrogens is 248 g/mol. The average Bonchev–Trinajstić information content (AvgIpc) is 2.50. The maximum Gasteiger partial charge on any atom is 0.122 e. The minimum atomic E-state index is 0.624. The van der Waals surface area contributed by atoms with Crippen LogP contribution in [-0.4, -0.2) is 44.2 Å². The van der Waals surface area contributed by atoms with E-state index in [0.717, 1.165) is 38.3 Å². The number of terminal acetylenes is 1. The summed E-state index contributed by atoms with van der Waals surface area (Å²) >= 11 is 0. The van der Waals surface area contributed by atoms with Gasteiger partial charge in [-0.05, 0) is 37.4 Å². The van der Waals surface area contributed by atoms with Crippen LogP contribution in [0.15, 0.2) is 24.3 Å². The third-order valence-electron chi connectivity index (χ3n) is 3.92. The number of benzene rings is 1. The van der Waals surface area contributed by atoms with Gasteiger partial charge in [-0.2, -0.15) is 0 Å². The smallest absolute Gasteiger partial charge is 0.122 e. The monoisotopic (exact) mass is 272 g/mol. The lowest BCUT2D eigenvalue weighted by atomic mass is 10.0. The number of nitrogens with one attached hydrogen (secondary N) is 1. The molecule has 0 bridgehead atoms. The fourth-order valence-corrected chi connectivity index (χ4v) is 2.74. The van der Waals surface area contributed by atoms with Gasteiger partial charge in [-0.25, -0.2) is 0 Å². The molecule has 0 aliphatic carbocycles. The first kappa shape index (κ1) is 14.9. The molecule has 1 aromatic rings. The van der Waals surface area contributed by atoms with Crippen molar-refractivity contribution in [2.75, 3.05) is 33.3 Å². The molecule has 20 heavy (non-hydrogen) atoms. The van der Waals surface area contributed by atoms with E-state index in [2.05, 4.69) is 28.3 Å². The van der Waals surface area contributed by atoms with Crippen LogP contribution in [0, 0.1) is 12.3 Å². The van der Waals surface area contributed by atoms with Gasteiger partial charge in [0, 0.05) is 19.1 Å². The van der Waals surface area contributed by atoms with Crippen LogP contribution in [0.5, 0.6) is 5.75 Å². The molecule has 1 aliphatic rings. The van der Waals surface area contributed by atoms with Crippen molar-refractivity contribution in [2.45, 2.75) is 25.3 Å². The lowest BCUT2D eigenvalue weighted by molar-refractivity contribution is 0.218. The quantitative estimate of drug-likeness (QED) is 0.801. The first-order chi connectivity index (χ1) is 9.83. The van der Waals surface area contributed by atoms with Gasteiger partial charge >= 0.3 is 0 Å². The molecular formula is C17H24N2O. The topological polar surface area (TPSA) is 24.5 Å². The molecule has 0 spiro atoms. The Balaban J connectivity index is 1.70. The molecule has 3 heteroatoms. The molecule has 1 N–H and O–H groups in total. The highest BCUT2D eigenvalue weighted by Gasteiger charge is 2.17. The number of hydrogen-bond donors (Lipinski definition) is 1. The van der Waals surface area contributed by atoms with E-state index in [1.807, 2.05) is 12.1 Å². The van der Waals surface area contributed by atoms with E-state index < -0.39 is 0 Å². The number of hydrogen-bond acceptors (Lipinski definition) is 3. The van der Waals surface area contributed by atoms with Crippen molar-refractivity contribution in [1.82, 2.24) is 10.2 Å². The second kappa shape index (κ2) is 7.94. The van der Waals surface area contributed by atoms with E-state index in [0.29, 0.717) is 6.04 Å². The van der Waals surface area contributed by atoms with E-state index in [-0.39, 0.29) is 0 Å². The Bertz CT molecular complexity index is 445. The normalized spacial score (nSPS) is 16.8. The molecule has 1 fully saturated rings. The summed E-state index contributed by atoms with van der Waals surface area (Å²) in [5.74, 6) is 3.71. The number of para-hydroxylation sites is 1. The van der Waals surface area contributed by atoms with E-state index in [1.54, 1.807) is 7.11 Å². The number of rotatable bonds is 6. The molecule has 0 saturated carbocycles. The number of ether oxygens (including phenoxy) is 1. The van der Waals surface area contributed by atoms with Crippen LogP contribution in [0.25, 0.3) is 0 Å². The molecule has 0 radical (unpaired) electrons. The van der Waals surface area contributed by atoms with Gasteiger partial charge in [0.1, 0.15) is 5.75 Å². The minimum Gasteiger partial charge on any atom is -0.496 e. The van der Waals surface area contributed by atoms with E-state index >= 15 is 0 Å². The first-order valence-electron chi connectivity index (χ1n) is 7.34. The molecule has 0 atom stereocenters. The van der Waals surface area contributed by atoms with Crippen LogP contribution < -0.4 is 10.1 Å². The highest BCUT2D eigenvalue weighted by molar-refractivity contribution is 5.33. The molecule has 0 aromatic heterocycles. The highest BCUT2D eigenvalue weighted by Crippen LogP contribution is 2.17. The zero-order valence-corrected chi connectivity index (χ0v) is 12.3. The summed E-state index contributed by atoms with van der Waals surface area (Å²) in [5, 5.41) is 3.65. The van der Waals surface area contributed by atoms with Gasteiger partial charge in [0.15, 0.2) is 0 Å². The van der Waals surface area contributed by atoms with Crippen LogP contribution in [0.4, 0.5) is 0 Å². The summed E-state index contributed by atoms with van der Waals surface area (Å²) < 4.78 is 5.38. The SMILES string of the molecule is C#CCN1CCC(NCCc2ccccc2OC)CC1. The largest absolute Gasteiger partial charge is 0.496 e. The average molecular weight is 272 g/mol. The Morgan fingerprint density at radius 1 is 1.35 bits per heavy atom. The molecule has 3 nitrogen and oxygen atoms in total. The lowest BCUT2D eigenvalue weighted by Crippen LogP contribution is -2.43. The van der Waals surface area contributed by atoms with Crippen molar-refractivity contribution in [2.24, 2.45) is 0 Å². The molecule has 0 amide bonds. The zero-order chi connectivity index (χ0) is 14.2. The van der Waals surface area contributed by atoms with Gasteiger partial charge in [-0.15, -0.1) is 6.42 Å². The third-order valence-corrected chi connectivity index (χ3v) is 3.92. The van der Waals surface area contributed by atoms with Crippen molar-refractivity contribution >= 4 is 0 Å².